The van der Waals surface area contributed by atoms with E-state index in [1.807, 2.05) is 0 Å². The first-order chi connectivity index (χ1) is 7.26. The molecule has 1 aromatic rings. The Morgan fingerprint density at radius 3 is 2.73 bits per heavy atom. The fraction of sp³-hybridized carbons (Fsp3) is 0.538. The van der Waals surface area contributed by atoms with Crippen LogP contribution in [-0.2, 0) is 6.42 Å². The molecule has 1 N–H and O–H groups in total. The van der Waals surface area contributed by atoms with Crippen molar-refractivity contribution >= 4 is 0 Å². The van der Waals surface area contributed by atoms with Crippen molar-refractivity contribution in [2.45, 2.75) is 32.2 Å². The molecule has 0 amide bonds. The summed E-state index contributed by atoms with van der Waals surface area (Å²) in [7, 11) is 1.74. The largest absolute Gasteiger partial charge is 0.496 e. The van der Waals surface area contributed by atoms with Gasteiger partial charge in [-0.1, -0.05) is 19.1 Å². The quantitative estimate of drug-likeness (QED) is 0.817. The van der Waals surface area contributed by atoms with Crippen LogP contribution in [0.2, 0.25) is 0 Å². The number of ether oxygens (including phenoxy) is 1. The van der Waals surface area contributed by atoms with Gasteiger partial charge in [0.05, 0.1) is 7.11 Å². The molecule has 0 spiro atoms. The topological polar surface area (TPSA) is 21.3 Å². The first-order valence-electron chi connectivity index (χ1n) is 5.66. The van der Waals surface area contributed by atoms with Crippen LogP contribution in [0.4, 0.5) is 0 Å². The molecule has 2 nitrogen and oxygen atoms in total. The molecule has 1 aromatic carbocycles. The molecule has 82 valence electrons. The van der Waals surface area contributed by atoms with E-state index in [1.54, 1.807) is 7.11 Å². The summed E-state index contributed by atoms with van der Waals surface area (Å²) in [4.78, 5) is 0. The standard InChI is InChI=1S/C13H19NO/c1-4-10-7-11(5-6-13(10)15-3)12-8-14-9(12)2/h5-7,9,12,14H,4,8H2,1-3H3. The van der Waals surface area contributed by atoms with Crippen molar-refractivity contribution in [1.29, 1.82) is 0 Å². The lowest BCUT2D eigenvalue weighted by molar-refractivity contribution is 0.333. The van der Waals surface area contributed by atoms with Crippen molar-refractivity contribution in [1.82, 2.24) is 5.32 Å². The van der Waals surface area contributed by atoms with Crippen LogP contribution in [-0.4, -0.2) is 19.7 Å². The normalized spacial score (nSPS) is 24.7. The molecule has 1 heterocycles. The molecule has 0 saturated carbocycles. The highest BCUT2D eigenvalue weighted by molar-refractivity contribution is 5.39. The van der Waals surface area contributed by atoms with Crippen LogP contribution in [0.5, 0.6) is 5.75 Å². The SMILES string of the molecule is CCc1cc(C2CNC2C)ccc1OC. The van der Waals surface area contributed by atoms with Crippen LogP contribution in [0.3, 0.4) is 0 Å². The van der Waals surface area contributed by atoms with Crippen molar-refractivity contribution in [3.8, 4) is 5.75 Å². The first kappa shape index (κ1) is 10.5. The smallest absolute Gasteiger partial charge is 0.122 e. The zero-order valence-corrected chi connectivity index (χ0v) is 9.71. The molecule has 0 aliphatic carbocycles. The van der Waals surface area contributed by atoms with E-state index in [0.29, 0.717) is 12.0 Å². The van der Waals surface area contributed by atoms with E-state index in [1.165, 1.54) is 11.1 Å². The van der Waals surface area contributed by atoms with E-state index in [-0.39, 0.29) is 0 Å². The van der Waals surface area contributed by atoms with E-state index < -0.39 is 0 Å². The molecular formula is C13H19NO. The lowest BCUT2D eigenvalue weighted by atomic mass is 9.85. The Hall–Kier alpha value is -1.02. The molecule has 2 unspecified atom stereocenters. The maximum atomic E-state index is 5.33. The van der Waals surface area contributed by atoms with Crippen molar-refractivity contribution in [3.63, 3.8) is 0 Å². The van der Waals surface area contributed by atoms with Gasteiger partial charge in [0, 0.05) is 18.5 Å². The third kappa shape index (κ3) is 1.86. The maximum Gasteiger partial charge on any atom is 0.122 e. The molecule has 1 aliphatic rings. The molecule has 15 heavy (non-hydrogen) atoms. The van der Waals surface area contributed by atoms with Gasteiger partial charge < -0.3 is 10.1 Å². The summed E-state index contributed by atoms with van der Waals surface area (Å²) >= 11 is 0. The molecule has 2 atom stereocenters. The second kappa shape index (κ2) is 4.23. The van der Waals surface area contributed by atoms with Gasteiger partial charge in [-0.3, -0.25) is 0 Å². The third-order valence-electron chi connectivity index (χ3n) is 3.38. The van der Waals surface area contributed by atoms with Crippen molar-refractivity contribution < 1.29 is 4.74 Å². The molecule has 0 bridgehead atoms. The summed E-state index contributed by atoms with van der Waals surface area (Å²) in [5.74, 6) is 1.70. The van der Waals surface area contributed by atoms with Gasteiger partial charge in [0.25, 0.3) is 0 Å². The van der Waals surface area contributed by atoms with Gasteiger partial charge in [-0.25, -0.2) is 0 Å². The lowest BCUT2D eigenvalue weighted by Gasteiger charge is -2.36. The Bertz CT molecular complexity index is 348. The Balaban J connectivity index is 2.26. The summed E-state index contributed by atoms with van der Waals surface area (Å²) in [5, 5.41) is 3.39. The third-order valence-corrected chi connectivity index (χ3v) is 3.38. The fourth-order valence-electron chi connectivity index (χ4n) is 2.18. The summed E-state index contributed by atoms with van der Waals surface area (Å²) < 4.78 is 5.33. The number of hydrogen-bond acceptors (Lipinski definition) is 2. The molecule has 2 heteroatoms. The van der Waals surface area contributed by atoms with Crippen LogP contribution >= 0.6 is 0 Å². The van der Waals surface area contributed by atoms with Gasteiger partial charge >= 0.3 is 0 Å². The van der Waals surface area contributed by atoms with Crippen molar-refractivity contribution in [3.05, 3.63) is 29.3 Å². The highest BCUT2D eigenvalue weighted by atomic mass is 16.5. The second-order valence-corrected chi connectivity index (χ2v) is 4.23. The minimum atomic E-state index is 0.614. The van der Waals surface area contributed by atoms with Gasteiger partial charge in [-0.15, -0.1) is 0 Å². The van der Waals surface area contributed by atoms with Gasteiger partial charge in [0.2, 0.25) is 0 Å². The minimum Gasteiger partial charge on any atom is -0.496 e. The van der Waals surface area contributed by atoms with Crippen LogP contribution in [0.25, 0.3) is 0 Å². The summed E-state index contributed by atoms with van der Waals surface area (Å²) in [6, 6.07) is 7.20. The maximum absolute atomic E-state index is 5.33. The van der Waals surface area contributed by atoms with Crippen LogP contribution in [0.1, 0.15) is 30.9 Å². The molecular weight excluding hydrogens is 186 g/mol. The van der Waals surface area contributed by atoms with Gasteiger partial charge in [-0.2, -0.15) is 0 Å². The minimum absolute atomic E-state index is 0.614. The number of rotatable bonds is 3. The summed E-state index contributed by atoms with van der Waals surface area (Å²) in [5.41, 5.74) is 2.76. The predicted molar refractivity (Wildman–Crippen MR) is 62.6 cm³/mol. The van der Waals surface area contributed by atoms with E-state index >= 15 is 0 Å². The van der Waals surface area contributed by atoms with E-state index in [2.05, 4.69) is 37.4 Å². The number of benzene rings is 1. The Labute approximate surface area is 91.6 Å². The van der Waals surface area contributed by atoms with E-state index in [9.17, 15) is 0 Å². The average Bonchev–Trinajstić information content (AvgIpc) is 2.26. The van der Waals surface area contributed by atoms with Crippen molar-refractivity contribution in [2.75, 3.05) is 13.7 Å². The highest BCUT2D eigenvalue weighted by Gasteiger charge is 2.27. The highest BCUT2D eigenvalue weighted by Crippen LogP contribution is 2.29. The Morgan fingerprint density at radius 1 is 1.47 bits per heavy atom. The molecule has 0 aromatic heterocycles. The first-order valence-corrected chi connectivity index (χ1v) is 5.66. The summed E-state index contributed by atoms with van der Waals surface area (Å²) in [6.45, 7) is 5.52. The van der Waals surface area contributed by atoms with Crippen molar-refractivity contribution in [2.24, 2.45) is 0 Å². The Morgan fingerprint density at radius 2 is 2.27 bits per heavy atom. The average molecular weight is 205 g/mol. The van der Waals surface area contributed by atoms with Crippen LogP contribution < -0.4 is 10.1 Å². The molecule has 2 rings (SSSR count). The zero-order chi connectivity index (χ0) is 10.8. The van der Waals surface area contributed by atoms with Crippen LogP contribution in [0.15, 0.2) is 18.2 Å². The molecule has 1 saturated heterocycles. The zero-order valence-electron chi connectivity index (χ0n) is 9.71. The lowest BCUT2D eigenvalue weighted by Crippen LogP contribution is -2.48. The fourth-order valence-corrected chi connectivity index (χ4v) is 2.18. The van der Waals surface area contributed by atoms with Gasteiger partial charge in [0.15, 0.2) is 0 Å². The number of methoxy groups -OCH3 is 1. The predicted octanol–water partition coefficient (Wildman–Crippen LogP) is 2.33. The number of hydrogen-bond donors (Lipinski definition) is 1. The molecule has 1 fully saturated rings. The monoisotopic (exact) mass is 205 g/mol. The Kier molecular flexibility index (Phi) is 2.96. The van der Waals surface area contributed by atoms with E-state index in [0.717, 1.165) is 18.7 Å². The molecule has 0 radical (unpaired) electrons. The van der Waals surface area contributed by atoms with E-state index in [4.69, 9.17) is 4.74 Å². The second-order valence-electron chi connectivity index (χ2n) is 4.23. The van der Waals surface area contributed by atoms with Gasteiger partial charge in [-0.05, 0) is 30.5 Å². The summed E-state index contributed by atoms with van der Waals surface area (Å²) in [6.07, 6.45) is 1.03. The van der Waals surface area contributed by atoms with Gasteiger partial charge in [0.1, 0.15) is 5.75 Å². The number of nitrogens with one attached hydrogen (secondary N) is 1. The number of aryl methyl sites for hydroxylation is 1. The molecule has 1 aliphatic heterocycles. The van der Waals surface area contributed by atoms with Crippen LogP contribution in [0, 0.1) is 0 Å².